The van der Waals surface area contributed by atoms with Crippen LogP contribution in [0.3, 0.4) is 0 Å². The number of carbonyl (C=O) groups is 1. The van der Waals surface area contributed by atoms with E-state index in [0.717, 1.165) is 50.8 Å². The van der Waals surface area contributed by atoms with Gasteiger partial charge in [0.1, 0.15) is 17.3 Å². The number of benzene rings is 1. The lowest BCUT2D eigenvalue weighted by Gasteiger charge is -2.34. The minimum absolute atomic E-state index is 0.00313. The Bertz CT molecular complexity index is 741. The number of para-hydroxylation sites is 1. The Morgan fingerprint density at radius 3 is 2.38 bits per heavy atom. The first-order valence-electron chi connectivity index (χ1n) is 9.32. The van der Waals surface area contributed by atoms with Gasteiger partial charge in [-0.1, -0.05) is 25.1 Å². The Labute approximate surface area is 155 Å². The van der Waals surface area contributed by atoms with Gasteiger partial charge in [-0.2, -0.15) is 0 Å². The van der Waals surface area contributed by atoms with Crippen LogP contribution in [0.4, 0.5) is 11.5 Å². The standard InChI is InChI=1S/C20H27N5O/c1-4-23-11-13-24(14-12-23)20(26)18-15-19(22-16(3)21-18)25(5-2)17-9-7-6-8-10-17/h6-10,15H,4-5,11-14H2,1-3H3. The fourth-order valence-corrected chi connectivity index (χ4v) is 3.31. The number of aryl methyl sites for hydroxylation is 1. The van der Waals surface area contributed by atoms with Gasteiger partial charge < -0.3 is 14.7 Å². The zero-order valence-electron chi connectivity index (χ0n) is 15.9. The summed E-state index contributed by atoms with van der Waals surface area (Å²) in [5, 5.41) is 0. The molecular weight excluding hydrogens is 326 g/mol. The molecule has 1 aliphatic rings. The highest BCUT2D eigenvalue weighted by atomic mass is 16.2. The Morgan fingerprint density at radius 1 is 1.08 bits per heavy atom. The molecule has 2 aromatic rings. The molecule has 0 aliphatic carbocycles. The van der Waals surface area contributed by atoms with Gasteiger partial charge >= 0.3 is 0 Å². The van der Waals surface area contributed by atoms with Gasteiger partial charge in [0.25, 0.3) is 5.91 Å². The van der Waals surface area contributed by atoms with Crippen molar-refractivity contribution in [1.29, 1.82) is 0 Å². The molecule has 0 saturated carbocycles. The number of anilines is 2. The second kappa shape index (κ2) is 8.27. The molecular formula is C20H27N5O. The number of likely N-dealkylation sites (N-methyl/N-ethyl adjacent to an activating group) is 1. The molecule has 0 bridgehead atoms. The molecule has 6 heteroatoms. The van der Waals surface area contributed by atoms with Crippen molar-refractivity contribution in [3.8, 4) is 0 Å². The molecule has 0 atom stereocenters. The second-order valence-electron chi connectivity index (χ2n) is 6.46. The Kier molecular flexibility index (Phi) is 5.83. The molecule has 0 unspecified atom stereocenters. The fraction of sp³-hybridized carbons (Fsp3) is 0.450. The molecule has 1 saturated heterocycles. The predicted molar refractivity (Wildman–Crippen MR) is 104 cm³/mol. The van der Waals surface area contributed by atoms with E-state index in [-0.39, 0.29) is 5.91 Å². The molecule has 26 heavy (non-hydrogen) atoms. The summed E-state index contributed by atoms with van der Waals surface area (Å²) in [6.45, 7) is 11.2. The third-order valence-corrected chi connectivity index (χ3v) is 4.81. The molecule has 0 N–H and O–H groups in total. The lowest BCUT2D eigenvalue weighted by atomic mass is 10.2. The number of piperazine rings is 1. The molecule has 1 aromatic carbocycles. The van der Waals surface area contributed by atoms with E-state index in [9.17, 15) is 4.79 Å². The van der Waals surface area contributed by atoms with E-state index in [1.807, 2.05) is 48.2 Å². The third kappa shape index (κ3) is 4.02. The SMILES string of the molecule is CCN1CCN(C(=O)c2cc(N(CC)c3ccccc3)nc(C)n2)CC1. The maximum Gasteiger partial charge on any atom is 0.272 e. The van der Waals surface area contributed by atoms with Crippen LogP contribution in [0.15, 0.2) is 36.4 Å². The maximum atomic E-state index is 12.9. The summed E-state index contributed by atoms with van der Waals surface area (Å²) >= 11 is 0. The van der Waals surface area contributed by atoms with Crippen molar-refractivity contribution in [2.75, 3.05) is 44.2 Å². The van der Waals surface area contributed by atoms with E-state index < -0.39 is 0 Å². The van der Waals surface area contributed by atoms with Gasteiger partial charge in [0, 0.05) is 44.5 Å². The summed E-state index contributed by atoms with van der Waals surface area (Å²) in [5.74, 6) is 1.38. The largest absolute Gasteiger partial charge is 0.335 e. The van der Waals surface area contributed by atoms with E-state index >= 15 is 0 Å². The van der Waals surface area contributed by atoms with Gasteiger partial charge in [0.05, 0.1) is 0 Å². The lowest BCUT2D eigenvalue weighted by molar-refractivity contribution is 0.0637. The van der Waals surface area contributed by atoms with Crippen molar-refractivity contribution in [3.63, 3.8) is 0 Å². The lowest BCUT2D eigenvalue weighted by Crippen LogP contribution is -2.48. The Balaban J connectivity index is 1.84. The van der Waals surface area contributed by atoms with E-state index in [2.05, 4.69) is 33.6 Å². The van der Waals surface area contributed by atoms with Crippen molar-refractivity contribution in [1.82, 2.24) is 19.8 Å². The van der Waals surface area contributed by atoms with Crippen LogP contribution in [0.1, 0.15) is 30.2 Å². The first-order chi connectivity index (χ1) is 12.6. The van der Waals surface area contributed by atoms with E-state index in [0.29, 0.717) is 11.5 Å². The highest BCUT2D eigenvalue weighted by molar-refractivity contribution is 5.93. The topological polar surface area (TPSA) is 52.6 Å². The van der Waals surface area contributed by atoms with Crippen LogP contribution in [0.25, 0.3) is 0 Å². The molecule has 1 aliphatic heterocycles. The van der Waals surface area contributed by atoms with Gasteiger partial charge in [-0.25, -0.2) is 9.97 Å². The molecule has 138 valence electrons. The summed E-state index contributed by atoms with van der Waals surface area (Å²) in [7, 11) is 0. The highest BCUT2D eigenvalue weighted by Crippen LogP contribution is 2.24. The summed E-state index contributed by atoms with van der Waals surface area (Å²) in [5.41, 5.74) is 1.54. The monoisotopic (exact) mass is 353 g/mol. The minimum atomic E-state index is -0.00313. The quantitative estimate of drug-likeness (QED) is 0.827. The van der Waals surface area contributed by atoms with Gasteiger partial charge in [-0.3, -0.25) is 4.79 Å². The molecule has 1 amide bonds. The molecule has 2 heterocycles. The Hall–Kier alpha value is -2.47. The fourth-order valence-electron chi connectivity index (χ4n) is 3.31. The number of rotatable bonds is 5. The first kappa shape index (κ1) is 18.3. The van der Waals surface area contributed by atoms with Gasteiger partial charge in [0.15, 0.2) is 0 Å². The summed E-state index contributed by atoms with van der Waals surface area (Å²) in [6, 6.07) is 11.9. The molecule has 3 rings (SSSR count). The Morgan fingerprint density at radius 2 is 1.77 bits per heavy atom. The van der Waals surface area contributed by atoms with Crippen LogP contribution >= 0.6 is 0 Å². The van der Waals surface area contributed by atoms with Gasteiger partial charge in [-0.05, 0) is 32.5 Å². The number of amides is 1. The van der Waals surface area contributed by atoms with E-state index in [1.165, 1.54) is 0 Å². The zero-order valence-corrected chi connectivity index (χ0v) is 15.9. The summed E-state index contributed by atoms with van der Waals surface area (Å²) < 4.78 is 0. The van der Waals surface area contributed by atoms with Gasteiger partial charge in [-0.15, -0.1) is 0 Å². The third-order valence-electron chi connectivity index (χ3n) is 4.81. The molecule has 1 fully saturated rings. The average molecular weight is 353 g/mol. The van der Waals surface area contributed by atoms with E-state index in [1.54, 1.807) is 0 Å². The van der Waals surface area contributed by atoms with Crippen LogP contribution in [-0.4, -0.2) is 64.9 Å². The zero-order chi connectivity index (χ0) is 18.5. The molecule has 0 spiro atoms. The average Bonchev–Trinajstić information content (AvgIpc) is 2.68. The van der Waals surface area contributed by atoms with Crippen LogP contribution in [0, 0.1) is 6.92 Å². The first-order valence-corrected chi connectivity index (χ1v) is 9.32. The molecule has 6 nitrogen and oxygen atoms in total. The number of carbonyl (C=O) groups excluding carboxylic acids is 1. The molecule has 1 aromatic heterocycles. The van der Waals surface area contributed by atoms with Crippen molar-refractivity contribution >= 4 is 17.4 Å². The number of aromatic nitrogens is 2. The number of hydrogen-bond acceptors (Lipinski definition) is 5. The van der Waals surface area contributed by atoms with Crippen LogP contribution in [0.2, 0.25) is 0 Å². The predicted octanol–water partition coefficient (Wildman–Crippen LogP) is 2.72. The minimum Gasteiger partial charge on any atom is -0.335 e. The van der Waals surface area contributed by atoms with Crippen molar-refractivity contribution in [2.24, 2.45) is 0 Å². The maximum absolute atomic E-state index is 12.9. The van der Waals surface area contributed by atoms with Gasteiger partial charge in [0.2, 0.25) is 0 Å². The number of nitrogens with zero attached hydrogens (tertiary/aromatic N) is 5. The smallest absolute Gasteiger partial charge is 0.272 e. The number of hydrogen-bond donors (Lipinski definition) is 0. The van der Waals surface area contributed by atoms with Crippen molar-refractivity contribution in [3.05, 3.63) is 47.9 Å². The molecule has 0 radical (unpaired) electrons. The van der Waals surface area contributed by atoms with Crippen molar-refractivity contribution in [2.45, 2.75) is 20.8 Å². The summed E-state index contributed by atoms with van der Waals surface area (Å²) in [6.07, 6.45) is 0. The van der Waals surface area contributed by atoms with Crippen molar-refractivity contribution < 1.29 is 4.79 Å². The normalized spacial score (nSPS) is 15.1. The summed E-state index contributed by atoms with van der Waals surface area (Å²) in [4.78, 5) is 28.3. The highest BCUT2D eigenvalue weighted by Gasteiger charge is 2.23. The second-order valence-corrected chi connectivity index (χ2v) is 6.46. The van der Waals surface area contributed by atoms with Crippen LogP contribution in [-0.2, 0) is 0 Å². The van der Waals surface area contributed by atoms with Crippen LogP contribution < -0.4 is 4.90 Å². The van der Waals surface area contributed by atoms with Crippen LogP contribution in [0.5, 0.6) is 0 Å². The van der Waals surface area contributed by atoms with E-state index in [4.69, 9.17) is 0 Å².